The molecule has 0 saturated heterocycles. The van der Waals surface area contributed by atoms with Crippen molar-refractivity contribution >= 4 is 29.3 Å². The molecule has 0 bridgehead atoms. The summed E-state index contributed by atoms with van der Waals surface area (Å²) in [5.74, 6) is 0.904. The minimum absolute atomic E-state index is 0.0191. The number of benzene rings is 2. The topological polar surface area (TPSA) is 90.7 Å². The lowest BCUT2D eigenvalue weighted by molar-refractivity contribution is -0.116. The van der Waals surface area contributed by atoms with Crippen molar-refractivity contribution in [3.05, 3.63) is 53.6 Å². The van der Waals surface area contributed by atoms with Crippen molar-refractivity contribution in [3.63, 3.8) is 0 Å². The van der Waals surface area contributed by atoms with E-state index in [2.05, 4.69) is 10.1 Å². The summed E-state index contributed by atoms with van der Waals surface area (Å²) < 4.78 is 10.2. The molecule has 0 aliphatic heterocycles. The first-order chi connectivity index (χ1) is 11.0. The monoisotopic (exact) mass is 334 g/mol. The van der Waals surface area contributed by atoms with E-state index in [0.717, 1.165) is 0 Å². The molecule has 23 heavy (non-hydrogen) atoms. The lowest BCUT2D eigenvalue weighted by Gasteiger charge is -2.09. The Morgan fingerprint density at radius 1 is 1.09 bits per heavy atom. The molecule has 7 heteroatoms. The van der Waals surface area contributed by atoms with Crippen molar-refractivity contribution in [2.75, 3.05) is 11.9 Å². The molecular formula is C16H15ClN2O4. The standard InChI is InChI=1S/C16H15ClN2O4/c17-11-4-6-13(7-5-11)23-14-3-1-2-12(10-14)19-15(20)8-9-22-16(18)21/h1-7,10H,8-9H2,(H2,18,21)(H,19,20). The first-order valence-electron chi connectivity index (χ1n) is 6.78. The fraction of sp³-hybridized carbons (Fsp3) is 0.125. The molecule has 2 rings (SSSR count). The van der Waals surface area contributed by atoms with Crippen LogP contribution in [0.4, 0.5) is 10.5 Å². The molecule has 0 heterocycles. The Morgan fingerprint density at radius 2 is 1.83 bits per heavy atom. The number of anilines is 1. The Kier molecular flexibility index (Phi) is 5.82. The zero-order valence-corrected chi connectivity index (χ0v) is 12.9. The average Bonchev–Trinajstić information content (AvgIpc) is 2.49. The van der Waals surface area contributed by atoms with E-state index in [9.17, 15) is 9.59 Å². The second kappa shape index (κ2) is 8.05. The minimum Gasteiger partial charge on any atom is -0.457 e. The van der Waals surface area contributed by atoms with Gasteiger partial charge in [-0.15, -0.1) is 0 Å². The SMILES string of the molecule is NC(=O)OCCC(=O)Nc1cccc(Oc2ccc(Cl)cc2)c1. The van der Waals surface area contributed by atoms with Gasteiger partial charge in [0.15, 0.2) is 0 Å². The van der Waals surface area contributed by atoms with Crippen LogP contribution in [0.25, 0.3) is 0 Å². The molecule has 0 unspecified atom stereocenters. The van der Waals surface area contributed by atoms with Crippen LogP contribution >= 0.6 is 11.6 Å². The predicted molar refractivity (Wildman–Crippen MR) is 86.8 cm³/mol. The molecule has 3 N–H and O–H groups in total. The normalized spacial score (nSPS) is 9.96. The maximum atomic E-state index is 11.7. The van der Waals surface area contributed by atoms with Gasteiger partial charge in [0.05, 0.1) is 6.42 Å². The minimum atomic E-state index is -0.906. The van der Waals surface area contributed by atoms with Crippen molar-refractivity contribution in [2.24, 2.45) is 5.73 Å². The van der Waals surface area contributed by atoms with Gasteiger partial charge in [0.1, 0.15) is 18.1 Å². The number of carbonyl (C=O) groups is 2. The highest BCUT2D eigenvalue weighted by Gasteiger charge is 2.05. The Hall–Kier alpha value is -2.73. The number of rotatable bonds is 6. The molecule has 0 radical (unpaired) electrons. The van der Waals surface area contributed by atoms with Crippen LogP contribution < -0.4 is 15.8 Å². The van der Waals surface area contributed by atoms with Crippen molar-refractivity contribution < 1.29 is 19.1 Å². The van der Waals surface area contributed by atoms with Gasteiger partial charge >= 0.3 is 6.09 Å². The number of primary amides is 1. The molecule has 2 aromatic carbocycles. The van der Waals surface area contributed by atoms with Gasteiger partial charge < -0.3 is 20.5 Å². The molecule has 0 aliphatic rings. The van der Waals surface area contributed by atoms with E-state index < -0.39 is 6.09 Å². The number of hydrogen-bond acceptors (Lipinski definition) is 4. The lowest BCUT2D eigenvalue weighted by Crippen LogP contribution is -2.18. The zero-order chi connectivity index (χ0) is 16.7. The highest BCUT2D eigenvalue weighted by atomic mass is 35.5. The molecule has 0 aromatic heterocycles. The molecule has 6 nitrogen and oxygen atoms in total. The summed E-state index contributed by atoms with van der Waals surface area (Å²) in [6.07, 6.45) is -0.887. The summed E-state index contributed by atoms with van der Waals surface area (Å²) in [6, 6.07) is 13.9. The summed E-state index contributed by atoms with van der Waals surface area (Å²) >= 11 is 5.82. The highest BCUT2D eigenvalue weighted by Crippen LogP contribution is 2.25. The Labute approximate surface area is 138 Å². The molecule has 0 fully saturated rings. The molecule has 2 amide bonds. The smallest absolute Gasteiger partial charge is 0.404 e. The largest absolute Gasteiger partial charge is 0.457 e. The molecule has 0 atom stereocenters. The van der Waals surface area contributed by atoms with Crippen molar-refractivity contribution in [2.45, 2.75) is 6.42 Å². The third kappa shape index (κ3) is 5.88. The summed E-state index contributed by atoms with van der Waals surface area (Å²) in [5, 5.41) is 3.30. The fourth-order valence-electron chi connectivity index (χ4n) is 1.74. The fourth-order valence-corrected chi connectivity index (χ4v) is 1.87. The number of nitrogens with one attached hydrogen (secondary N) is 1. The van der Waals surface area contributed by atoms with E-state index in [0.29, 0.717) is 22.2 Å². The van der Waals surface area contributed by atoms with E-state index >= 15 is 0 Å². The van der Waals surface area contributed by atoms with Crippen LogP contribution in [0.5, 0.6) is 11.5 Å². The van der Waals surface area contributed by atoms with Crippen LogP contribution in [0.15, 0.2) is 48.5 Å². The van der Waals surface area contributed by atoms with Gasteiger partial charge in [0.25, 0.3) is 0 Å². The molecule has 0 spiro atoms. The summed E-state index contributed by atoms with van der Waals surface area (Å²) in [7, 11) is 0. The van der Waals surface area contributed by atoms with Gasteiger partial charge in [-0.2, -0.15) is 0 Å². The van der Waals surface area contributed by atoms with Crippen LogP contribution in [0, 0.1) is 0 Å². The van der Waals surface area contributed by atoms with Gasteiger partial charge in [-0.05, 0) is 36.4 Å². The third-order valence-corrected chi connectivity index (χ3v) is 2.99. The maximum Gasteiger partial charge on any atom is 0.404 e. The highest BCUT2D eigenvalue weighted by molar-refractivity contribution is 6.30. The van der Waals surface area contributed by atoms with Gasteiger partial charge in [-0.3, -0.25) is 4.79 Å². The zero-order valence-electron chi connectivity index (χ0n) is 12.1. The number of nitrogens with two attached hydrogens (primary N) is 1. The van der Waals surface area contributed by atoms with E-state index in [4.69, 9.17) is 22.1 Å². The van der Waals surface area contributed by atoms with E-state index in [-0.39, 0.29) is 18.9 Å². The van der Waals surface area contributed by atoms with Crippen LogP contribution in [-0.2, 0) is 9.53 Å². The average molecular weight is 335 g/mol. The van der Waals surface area contributed by atoms with Crippen molar-refractivity contribution in [1.29, 1.82) is 0 Å². The second-order valence-electron chi connectivity index (χ2n) is 4.55. The Bertz CT molecular complexity index is 689. The van der Waals surface area contributed by atoms with Gasteiger partial charge in [0.2, 0.25) is 5.91 Å². The molecule has 2 aromatic rings. The van der Waals surface area contributed by atoms with E-state index in [1.54, 1.807) is 48.5 Å². The summed E-state index contributed by atoms with van der Waals surface area (Å²) in [5.41, 5.74) is 5.39. The number of hydrogen-bond donors (Lipinski definition) is 2. The predicted octanol–water partition coefficient (Wildman–Crippen LogP) is 3.56. The van der Waals surface area contributed by atoms with Gasteiger partial charge in [-0.1, -0.05) is 17.7 Å². The third-order valence-electron chi connectivity index (χ3n) is 2.74. The molecule has 0 saturated carbocycles. The molecule has 120 valence electrons. The number of halogens is 1. The number of carbonyl (C=O) groups excluding carboxylic acids is 2. The molecular weight excluding hydrogens is 320 g/mol. The second-order valence-corrected chi connectivity index (χ2v) is 4.99. The quantitative estimate of drug-likeness (QED) is 0.845. The van der Waals surface area contributed by atoms with Crippen molar-refractivity contribution in [1.82, 2.24) is 0 Å². The first-order valence-corrected chi connectivity index (χ1v) is 7.16. The molecule has 0 aliphatic carbocycles. The summed E-state index contributed by atoms with van der Waals surface area (Å²) in [6.45, 7) is -0.0673. The van der Waals surface area contributed by atoms with Gasteiger partial charge in [0, 0.05) is 16.8 Å². The van der Waals surface area contributed by atoms with Crippen molar-refractivity contribution in [3.8, 4) is 11.5 Å². The summed E-state index contributed by atoms with van der Waals surface area (Å²) in [4.78, 5) is 22.1. The maximum absolute atomic E-state index is 11.7. The number of ether oxygens (including phenoxy) is 2. The van der Waals surface area contributed by atoms with Gasteiger partial charge in [-0.25, -0.2) is 4.79 Å². The Morgan fingerprint density at radius 3 is 2.52 bits per heavy atom. The van der Waals surface area contributed by atoms with Crippen LogP contribution in [0.3, 0.4) is 0 Å². The van der Waals surface area contributed by atoms with Crippen LogP contribution in [0.1, 0.15) is 6.42 Å². The first kappa shape index (κ1) is 16.6. The lowest BCUT2D eigenvalue weighted by atomic mass is 10.3. The van der Waals surface area contributed by atoms with Crippen LogP contribution in [0.2, 0.25) is 5.02 Å². The van der Waals surface area contributed by atoms with E-state index in [1.165, 1.54) is 0 Å². The van der Waals surface area contributed by atoms with Crippen LogP contribution in [-0.4, -0.2) is 18.6 Å². The number of amides is 2. The van der Waals surface area contributed by atoms with E-state index in [1.807, 2.05) is 0 Å². The Balaban J connectivity index is 1.92.